The van der Waals surface area contributed by atoms with Crippen molar-refractivity contribution in [3.8, 4) is 0 Å². The van der Waals surface area contributed by atoms with E-state index in [1.54, 1.807) is 11.5 Å². The smallest absolute Gasteiger partial charge is 0.0857 e. The molecule has 0 bridgehead atoms. The van der Waals surface area contributed by atoms with Gasteiger partial charge in [-0.3, -0.25) is 0 Å². The average Bonchev–Trinajstić information content (AvgIpc) is 2.83. The number of nitrogens with zero attached hydrogens (tertiary/aromatic N) is 2. The molecule has 0 radical (unpaired) electrons. The number of nitrogens with one attached hydrogen (secondary N) is 1. The van der Waals surface area contributed by atoms with Crippen molar-refractivity contribution in [2.45, 2.75) is 65.3 Å². The largest absolute Gasteiger partial charge is 0.312 e. The molecule has 1 N–H and O–H groups in total. The van der Waals surface area contributed by atoms with Crippen molar-refractivity contribution in [1.82, 2.24) is 14.9 Å². The van der Waals surface area contributed by atoms with Gasteiger partial charge in [0.25, 0.3) is 0 Å². The molecular formula is C16H29N3S. The van der Waals surface area contributed by atoms with Crippen LogP contribution in [-0.4, -0.2) is 16.6 Å². The molecule has 1 aliphatic rings. The first kappa shape index (κ1) is 15.9. The highest BCUT2D eigenvalue weighted by atomic mass is 32.1. The summed E-state index contributed by atoms with van der Waals surface area (Å²) in [5, 5.41) is 7.97. The summed E-state index contributed by atoms with van der Waals surface area (Å²) in [5.74, 6) is 2.41. The molecule has 1 aromatic rings. The predicted molar refractivity (Wildman–Crippen MR) is 86.1 cm³/mol. The van der Waals surface area contributed by atoms with E-state index in [0.717, 1.165) is 17.8 Å². The molecule has 0 amide bonds. The maximum absolute atomic E-state index is 4.41. The second-order valence-corrected chi connectivity index (χ2v) is 8.32. The lowest BCUT2D eigenvalue weighted by atomic mass is 9.72. The Kier molecular flexibility index (Phi) is 4.85. The minimum Gasteiger partial charge on any atom is -0.312 e. The Labute approximate surface area is 127 Å². The van der Waals surface area contributed by atoms with Gasteiger partial charge in [-0.2, -0.15) is 0 Å². The van der Waals surface area contributed by atoms with Crippen LogP contribution in [0.25, 0.3) is 0 Å². The van der Waals surface area contributed by atoms with Gasteiger partial charge < -0.3 is 5.32 Å². The standard InChI is InChI=1S/C16H29N3S/c1-10-7-8-12(9-11(10)2)13(17-6)14-15(16(3,4)5)18-19-20-14/h10-13,17H,7-9H2,1-6H3. The normalized spacial score (nSPS) is 29.4. The molecule has 1 aromatic heterocycles. The number of aromatic nitrogens is 2. The molecule has 2 rings (SSSR count). The third-order valence-corrected chi connectivity index (χ3v) is 5.73. The molecule has 4 unspecified atom stereocenters. The van der Waals surface area contributed by atoms with Gasteiger partial charge in [-0.15, -0.1) is 5.10 Å². The van der Waals surface area contributed by atoms with Crippen molar-refractivity contribution in [3.05, 3.63) is 10.6 Å². The highest BCUT2D eigenvalue weighted by molar-refractivity contribution is 7.05. The van der Waals surface area contributed by atoms with Gasteiger partial charge in [0, 0.05) is 11.5 Å². The lowest BCUT2D eigenvalue weighted by Crippen LogP contribution is -2.32. The first-order chi connectivity index (χ1) is 9.34. The summed E-state index contributed by atoms with van der Waals surface area (Å²) in [5.41, 5.74) is 1.25. The molecule has 0 aromatic carbocycles. The van der Waals surface area contributed by atoms with Crippen LogP contribution in [0.15, 0.2) is 0 Å². The van der Waals surface area contributed by atoms with Gasteiger partial charge in [0.05, 0.1) is 10.6 Å². The van der Waals surface area contributed by atoms with E-state index < -0.39 is 0 Å². The Morgan fingerprint density at radius 2 is 1.90 bits per heavy atom. The Hall–Kier alpha value is -0.480. The second kappa shape index (κ2) is 6.10. The van der Waals surface area contributed by atoms with Gasteiger partial charge in [-0.25, -0.2) is 0 Å². The van der Waals surface area contributed by atoms with E-state index in [2.05, 4.69) is 56.6 Å². The van der Waals surface area contributed by atoms with Gasteiger partial charge in [0.1, 0.15) is 0 Å². The van der Waals surface area contributed by atoms with E-state index >= 15 is 0 Å². The van der Waals surface area contributed by atoms with Crippen molar-refractivity contribution in [2.75, 3.05) is 7.05 Å². The fourth-order valence-corrected chi connectivity index (χ4v) is 4.46. The summed E-state index contributed by atoms with van der Waals surface area (Å²) in [7, 11) is 2.08. The van der Waals surface area contributed by atoms with Crippen molar-refractivity contribution < 1.29 is 0 Å². The van der Waals surface area contributed by atoms with E-state index in [1.165, 1.54) is 29.8 Å². The predicted octanol–water partition coefficient (Wildman–Crippen LogP) is 4.17. The molecule has 0 spiro atoms. The molecule has 20 heavy (non-hydrogen) atoms. The summed E-state index contributed by atoms with van der Waals surface area (Å²) in [4.78, 5) is 1.35. The fourth-order valence-electron chi connectivity index (χ4n) is 3.39. The van der Waals surface area contributed by atoms with Crippen LogP contribution in [0.2, 0.25) is 0 Å². The zero-order valence-electron chi connectivity index (χ0n) is 13.7. The van der Waals surface area contributed by atoms with Gasteiger partial charge in [0.15, 0.2) is 0 Å². The highest BCUT2D eigenvalue weighted by Crippen LogP contribution is 2.42. The molecule has 0 saturated heterocycles. The molecule has 3 nitrogen and oxygen atoms in total. The third-order valence-electron chi connectivity index (χ3n) is 4.93. The number of hydrogen-bond donors (Lipinski definition) is 1. The zero-order valence-corrected chi connectivity index (χ0v) is 14.5. The summed E-state index contributed by atoms with van der Waals surface area (Å²) < 4.78 is 4.24. The summed E-state index contributed by atoms with van der Waals surface area (Å²) >= 11 is 1.58. The molecule has 0 aliphatic heterocycles. The molecule has 4 heteroatoms. The summed E-state index contributed by atoms with van der Waals surface area (Å²) in [6.45, 7) is 11.5. The molecule has 1 aliphatic carbocycles. The Morgan fingerprint density at radius 3 is 2.45 bits per heavy atom. The molecule has 1 saturated carbocycles. The Balaban J connectivity index is 2.23. The van der Waals surface area contributed by atoms with Crippen molar-refractivity contribution in [2.24, 2.45) is 17.8 Å². The van der Waals surface area contributed by atoms with Gasteiger partial charge in [-0.05, 0) is 49.2 Å². The number of rotatable bonds is 3. The second-order valence-electron chi connectivity index (χ2n) is 7.53. The SMILES string of the molecule is CNC(c1snnc1C(C)(C)C)C1CCC(C)C(C)C1. The lowest BCUT2D eigenvalue weighted by molar-refractivity contribution is 0.175. The topological polar surface area (TPSA) is 37.8 Å². The van der Waals surface area contributed by atoms with Gasteiger partial charge in [-0.1, -0.05) is 45.5 Å². The lowest BCUT2D eigenvalue weighted by Gasteiger charge is -2.37. The van der Waals surface area contributed by atoms with Crippen LogP contribution in [0.4, 0.5) is 0 Å². The molecule has 1 heterocycles. The maximum atomic E-state index is 4.41. The molecular weight excluding hydrogens is 266 g/mol. The zero-order chi connectivity index (χ0) is 14.9. The third kappa shape index (κ3) is 3.22. The van der Waals surface area contributed by atoms with Crippen LogP contribution < -0.4 is 5.32 Å². The van der Waals surface area contributed by atoms with Crippen molar-refractivity contribution in [1.29, 1.82) is 0 Å². The minimum absolute atomic E-state index is 0.0744. The average molecular weight is 295 g/mol. The van der Waals surface area contributed by atoms with E-state index in [9.17, 15) is 0 Å². The van der Waals surface area contributed by atoms with Crippen LogP contribution in [0, 0.1) is 17.8 Å². The van der Waals surface area contributed by atoms with Crippen LogP contribution in [0.3, 0.4) is 0 Å². The fraction of sp³-hybridized carbons (Fsp3) is 0.875. The van der Waals surface area contributed by atoms with E-state index in [0.29, 0.717) is 6.04 Å². The monoisotopic (exact) mass is 295 g/mol. The summed E-state index contributed by atoms with van der Waals surface area (Å²) in [6, 6.07) is 0.416. The van der Waals surface area contributed by atoms with E-state index in [-0.39, 0.29) is 5.41 Å². The number of hydrogen-bond acceptors (Lipinski definition) is 4. The quantitative estimate of drug-likeness (QED) is 0.909. The van der Waals surface area contributed by atoms with E-state index in [1.807, 2.05) is 0 Å². The van der Waals surface area contributed by atoms with Gasteiger partial charge in [0.2, 0.25) is 0 Å². The Bertz CT molecular complexity index is 435. The van der Waals surface area contributed by atoms with E-state index in [4.69, 9.17) is 0 Å². The molecule has 114 valence electrons. The van der Waals surface area contributed by atoms with Crippen molar-refractivity contribution >= 4 is 11.5 Å². The first-order valence-corrected chi connectivity index (χ1v) is 8.62. The van der Waals surface area contributed by atoms with Crippen LogP contribution in [0.5, 0.6) is 0 Å². The van der Waals surface area contributed by atoms with Crippen LogP contribution in [-0.2, 0) is 5.41 Å². The Morgan fingerprint density at radius 1 is 1.20 bits per heavy atom. The summed E-state index contributed by atoms with van der Waals surface area (Å²) in [6.07, 6.45) is 3.98. The highest BCUT2D eigenvalue weighted by Gasteiger charge is 2.34. The van der Waals surface area contributed by atoms with Gasteiger partial charge >= 0.3 is 0 Å². The maximum Gasteiger partial charge on any atom is 0.0857 e. The van der Waals surface area contributed by atoms with Crippen molar-refractivity contribution in [3.63, 3.8) is 0 Å². The van der Waals surface area contributed by atoms with Crippen LogP contribution >= 0.6 is 11.5 Å². The molecule has 1 fully saturated rings. The first-order valence-electron chi connectivity index (χ1n) is 7.84. The minimum atomic E-state index is 0.0744. The molecule has 4 atom stereocenters. The van der Waals surface area contributed by atoms with Crippen LogP contribution in [0.1, 0.15) is 70.5 Å².